The zero-order valence-corrected chi connectivity index (χ0v) is 10.3. The highest BCUT2D eigenvalue weighted by Crippen LogP contribution is 2.01. The van der Waals surface area contributed by atoms with Crippen molar-refractivity contribution in [3.63, 3.8) is 0 Å². The molecular weight excluding hydrogens is 228 g/mol. The van der Waals surface area contributed by atoms with Crippen LogP contribution in [0.3, 0.4) is 0 Å². The molecule has 0 aliphatic carbocycles. The van der Waals surface area contributed by atoms with Gasteiger partial charge in [-0.15, -0.1) is 0 Å². The Morgan fingerprint density at radius 3 is 2.61 bits per heavy atom. The van der Waals surface area contributed by atoms with E-state index in [4.69, 9.17) is 9.15 Å². The summed E-state index contributed by atoms with van der Waals surface area (Å²) in [6.07, 6.45) is 15.7. The summed E-state index contributed by atoms with van der Waals surface area (Å²) < 4.78 is 9.86. The molecule has 1 rings (SSSR count). The highest BCUT2D eigenvalue weighted by molar-refractivity contribution is 5.82. The topological polar surface area (TPSA) is 39.4 Å². The van der Waals surface area contributed by atoms with Crippen molar-refractivity contribution in [1.82, 2.24) is 0 Å². The van der Waals surface area contributed by atoms with Crippen LogP contribution in [0.4, 0.5) is 0 Å². The van der Waals surface area contributed by atoms with Gasteiger partial charge in [0.2, 0.25) is 0 Å². The van der Waals surface area contributed by atoms with Crippen LogP contribution in [0.15, 0.2) is 65.3 Å². The molecular formula is C15H16O3. The Morgan fingerprint density at radius 1 is 1.22 bits per heavy atom. The molecule has 0 aliphatic rings. The van der Waals surface area contributed by atoms with Crippen LogP contribution in [-0.2, 0) is 9.53 Å². The van der Waals surface area contributed by atoms with E-state index in [0.717, 1.165) is 5.76 Å². The summed E-state index contributed by atoms with van der Waals surface area (Å²) in [5.41, 5.74) is 0. The second kappa shape index (κ2) is 8.82. The molecule has 0 atom stereocenters. The number of carbonyl (C=O) groups is 1. The maximum atomic E-state index is 10.9. The van der Waals surface area contributed by atoms with Gasteiger partial charge in [0.25, 0.3) is 0 Å². The molecule has 3 nitrogen and oxygen atoms in total. The van der Waals surface area contributed by atoms with E-state index in [-0.39, 0.29) is 5.97 Å². The van der Waals surface area contributed by atoms with Gasteiger partial charge in [0.15, 0.2) is 0 Å². The second-order valence-electron chi connectivity index (χ2n) is 3.26. The van der Waals surface area contributed by atoms with Gasteiger partial charge in [-0.2, -0.15) is 0 Å². The Labute approximate surface area is 107 Å². The summed E-state index contributed by atoms with van der Waals surface area (Å²) in [4.78, 5) is 10.9. The molecule has 1 aromatic rings. The third-order valence-electron chi connectivity index (χ3n) is 1.88. The average Bonchev–Trinajstić information content (AvgIpc) is 2.86. The first-order chi connectivity index (χ1) is 8.83. The lowest BCUT2D eigenvalue weighted by molar-refractivity contribution is -0.137. The van der Waals surface area contributed by atoms with Crippen LogP contribution < -0.4 is 0 Å². The highest BCUT2D eigenvalue weighted by Gasteiger charge is 1.89. The van der Waals surface area contributed by atoms with Crippen LogP contribution in [0.2, 0.25) is 0 Å². The van der Waals surface area contributed by atoms with Gasteiger partial charge in [0.05, 0.1) is 12.9 Å². The number of hydrogen-bond acceptors (Lipinski definition) is 3. The number of carbonyl (C=O) groups excluding carboxylic acids is 1. The van der Waals surface area contributed by atoms with E-state index in [1.165, 1.54) is 6.08 Å². The maximum absolute atomic E-state index is 10.9. The molecule has 0 saturated heterocycles. The first-order valence-corrected chi connectivity index (χ1v) is 5.71. The lowest BCUT2D eigenvalue weighted by atomic mass is 10.3. The zero-order valence-electron chi connectivity index (χ0n) is 10.3. The molecule has 0 aromatic carbocycles. The van der Waals surface area contributed by atoms with Crippen LogP contribution in [0.25, 0.3) is 6.08 Å². The van der Waals surface area contributed by atoms with Gasteiger partial charge < -0.3 is 9.15 Å². The molecule has 0 fully saturated rings. The van der Waals surface area contributed by atoms with Gasteiger partial charge in [-0.1, -0.05) is 36.5 Å². The Balaban J connectivity index is 2.26. The first kappa shape index (κ1) is 13.8. The number of hydrogen-bond donors (Lipinski definition) is 0. The minimum Gasteiger partial charge on any atom is -0.465 e. The van der Waals surface area contributed by atoms with E-state index in [9.17, 15) is 4.79 Å². The van der Waals surface area contributed by atoms with Gasteiger partial charge >= 0.3 is 5.97 Å². The standard InChI is InChI=1S/C15H16O3/c1-2-17-15(16)12-8-6-4-3-5-7-10-14-11-9-13-18-14/h3-13H,2H2,1H3/b5-3+,6-4+,10-7+,12-8+. The molecule has 18 heavy (non-hydrogen) atoms. The molecule has 94 valence electrons. The summed E-state index contributed by atoms with van der Waals surface area (Å²) in [7, 11) is 0. The molecule has 0 spiro atoms. The summed E-state index contributed by atoms with van der Waals surface area (Å²) >= 11 is 0. The number of rotatable bonds is 6. The summed E-state index contributed by atoms with van der Waals surface area (Å²) in [6, 6.07) is 3.71. The fourth-order valence-corrected chi connectivity index (χ4v) is 1.12. The van der Waals surface area contributed by atoms with Crippen molar-refractivity contribution < 1.29 is 13.9 Å². The van der Waals surface area contributed by atoms with Crippen LogP contribution in [-0.4, -0.2) is 12.6 Å². The summed E-state index contributed by atoms with van der Waals surface area (Å²) in [6.45, 7) is 2.17. The van der Waals surface area contributed by atoms with Gasteiger partial charge in [-0.25, -0.2) is 4.79 Å². The van der Waals surface area contributed by atoms with Crippen molar-refractivity contribution in [3.05, 3.63) is 66.7 Å². The Kier molecular flexibility index (Phi) is 6.75. The number of allylic oxidation sites excluding steroid dienone is 6. The van der Waals surface area contributed by atoms with Crippen molar-refractivity contribution in [3.8, 4) is 0 Å². The van der Waals surface area contributed by atoms with Crippen LogP contribution in [0.1, 0.15) is 12.7 Å². The minimum atomic E-state index is -0.330. The number of ether oxygens (including phenoxy) is 1. The fourth-order valence-electron chi connectivity index (χ4n) is 1.12. The Morgan fingerprint density at radius 2 is 1.94 bits per heavy atom. The molecule has 0 amide bonds. The van der Waals surface area contributed by atoms with Crippen molar-refractivity contribution in [1.29, 1.82) is 0 Å². The molecule has 0 saturated carbocycles. The van der Waals surface area contributed by atoms with Gasteiger partial charge in [-0.3, -0.25) is 0 Å². The molecule has 0 aliphatic heterocycles. The predicted octanol–water partition coefficient (Wildman–Crippen LogP) is 3.52. The fraction of sp³-hybridized carbons (Fsp3) is 0.133. The minimum absolute atomic E-state index is 0.330. The monoisotopic (exact) mass is 244 g/mol. The van der Waals surface area contributed by atoms with E-state index in [1.807, 2.05) is 42.5 Å². The lowest BCUT2D eigenvalue weighted by Gasteiger charge is -1.92. The smallest absolute Gasteiger partial charge is 0.330 e. The van der Waals surface area contributed by atoms with E-state index in [2.05, 4.69) is 0 Å². The molecule has 0 unspecified atom stereocenters. The average molecular weight is 244 g/mol. The van der Waals surface area contributed by atoms with E-state index in [0.29, 0.717) is 6.61 Å². The third kappa shape index (κ3) is 6.33. The van der Waals surface area contributed by atoms with Crippen molar-refractivity contribution in [2.24, 2.45) is 0 Å². The third-order valence-corrected chi connectivity index (χ3v) is 1.88. The first-order valence-electron chi connectivity index (χ1n) is 5.71. The highest BCUT2D eigenvalue weighted by atomic mass is 16.5. The summed E-state index contributed by atoms with van der Waals surface area (Å²) in [5.74, 6) is 0.481. The number of furan rings is 1. The maximum Gasteiger partial charge on any atom is 0.330 e. The van der Waals surface area contributed by atoms with E-state index in [1.54, 1.807) is 25.3 Å². The van der Waals surface area contributed by atoms with Crippen LogP contribution in [0, 0.1) is 0 Å². The largest absolute Gasteiger partial charge is 0.465 e. The SMILES string of the molecule is CCOC(=O)/C=C/C=C/C=C/C=C/c1ccco1. The normalized spacial score (nSPS) is 12.3. The zero-order chi connectivity index (χ0) is 13.1. The molecule has 3 heteroatoms. The van der Waals surface area contributed by atoms with Crippen molar-refractivity contribution in [2.75, 3.05) is 6.61 Å². The van der Waals surface area contributed by atoms with E-state index >= 15 is 0 Å². The molecule has 1 aromatic heterocycles. The Hall–Kier alpha value is -2.29. The molecule has 0 bridgehead atoms. The van der Waals surface area contributed by atoms with Crippen LogP contribution in [0.5, 0.6) is 0 Å². The Bertz CT molecular complexity index is 448. The van der Waals surface area contributed by atoms with Crippen molar-refractivity contribution in [2.45, 2.75) is 6.92 Å². The van der Waals surface area contributed by atoms with Gasteiger partial charge in [0, 0.05) is 6.08 Å². The lowest BCUT2D eigenvalue weighted by Crippen LogP contribution is -1.98. The predicted molar refractivity (Wildman–Crippen MR) is 71.8 cm³/mol. The summed E-state index contributed by atoms with van der Waals surface area (Å²) in [5, 5.41) is 0. The second-order valence-corrected chi connectivity index (χ2v) is 3.26. The van der Waals surface area contributed by atoms with Crippen molar-refractivity contribution >= 4 is 12.0 Å². The van der Waals surface area contributed by atoms with Gasteiger partial charge in [-0.05, 0) is 25.1 Å². The number of esters is 1. The van der Waals surface area contributed by atoms with E-state index < -0.39 is 0 Å². The quantitative estimate of drug-likeness (QED) is 0.436. The molecule has 1 heterocycles. The van der Waals surface area contributed by atoms with Crippen LogP contribution >= 0.6 is 0 Å². The molecule has 0 radical (unpaired) electrons. The van der Waals surface area contributed by atoms with Gasteiger partial charge in [0.1, 0.15) is 5.76 Å². The molecule has 0 N–H and O–H groups in total.